The van der Waals surface area contributed by atoms with E-state index in [1.165, 1.54) is 37.3 Å². The fraction of sp³-hybridized carbons (Fsp3) is 0.297. The van der Waals surface area contributed by atoms with Gasteiger partial charge in [-0.1, -0.05) is 92.2 Å². The van der Waals surface area contributed by atoms with Crippen molar-refractivity contribution >= 4 is 27.5 Å². The van der Waals surface area contributed by atoms with Crippen molar-refractivity contribution in [2.24, 2.45) is 5.92 Å². The Morgan fingerprint density at radius 1 is 0.809 bits per heavy atom. The lowest BCUT2D eigenvalue weighted by Gasteiger charge is -2.34. The Morgan fingerprint density at radius 3 is 2.04 bits per heavy atom. The molecule has 0 saturated carbocycles. The summed E-state index contributed by atoms with van der Waals surface area (Å²) >= 11 is 0. The van der Waals surface area contributed by atoms with Crippen molar-refractivity contribution in [3.63, 3.8) is 0 Å². The van der Waals surface area contributed by atoms with Crippen LogP contribution in [0.5, 0.6) is 11.5 Å². The Morgan fingerprint density at radius 2 is 1.45 bits per heavy atom. The molecular formula is C37H43N3O6S. The average molecular weight is 658 g/mol. The van der Waals surface area contributed by atoms with Gasteiger partial charge >= 0.3 is 0 Å². The van der Waals surface area contributed by atoms with Crippen molar-refractivity contribution in [2.75, 3.05) is 31.6 Å². The Kier molecular flexibility index (Phi) is 12.0. The summed E-state index contributed by atoms with van der Waals surface area (Å²) in [7, 11) is -1.39. The molecule has 47 heavy (non-hydrogen) atoms. The van der Waals surface area contributed by atoms with E-state index in [1.54, 1.807) is 30.3 Å². The molecule has 1 N–H and O–H groups in total. The number of rotatable bonds is 15. The number of carbonyl (C=O) groups excluding carboxylic acids is 2. The average Bonchev–Trinajstić information content (AvgIpc) is 3.08. The maximum Gasteiger partial charge on any atom is 0.264 e. The Balaban J connectivity index is 1.85. The molecule has 0 radical (unpaired) electrons. The lowest BCUT2D eigenvalue weighted by Crippen LogP contribution is -2.53. The lowest BCUT2D eigenvalue weighted by atomic mass is 10.0. The summed E-state index contributed by atoms with van der Waals surface area (Å²) in [5.74, 6) is -0.0774. The maximum absolute atomic E-state index is 14.7. The molecule has 2 amide bonds. The Labute approximate surface area is 278 Å². The number of hydrogen-bond donors (Lipinski definition) is 1. The van der Waals surface area contributed by atoms with Gasteiger partial charge < -0.3 is 19.7 Å². The maximum atomic E-state index is 14.7. The van der Waals surface area contributed by atoms with Crippen molar-refractivity contribution < 1.29 is 27.5 Å². The number of carbonyl (C=O) groups is 2. The second kappa shape index (κ2) is 16.1. The van der Waals surface area contributed by atoms with Gasteiger partial charge in [0, 0.05) is 25.6 Å². The zero-order valence-corrected chi connectivity index (χ0v) is 28.4. The Hall–Kier alpha value is -4.83. The summed E-state index contributed by atoms with van der Waals surface area (Å²) in [5.41, 5.74) is 2.84. The van der Waals surface area contributed by atoms with Gasteiger partial charge in [0.1, 0.15) is 24.1 Å². The predicted molar refractivity (Wildman–Crippen MR) is 184 cm³/mol. The topological polar surface area (TPSA) is 105 Å². The van der Waals surface area contributed by atoms with Crippen LogP contribution in [0.1, 0.15) is 30.5 Å². The van der Waals surface area contributed by atoms with E-state index in [1.807, 2.05) is 75.4 Å². The zero-order chi connectivity index (χ0) is 34.0. The van der Waals surface area contributed by atoms with E-state index in [0.29, 0.717) is 12.3 Å². The van der Waals surface area contributed by atoms with Crippen LogP contribution in [0.2, 0.25) is 0 Å². The van der Waals surface area contributed by atoms with E-state index in [0.717, 1.165) is 21.0 Å². The predicted octanol–water partition coefficient (Wildman–Crippen LogP) is 5.62. The molecule has 4 aromatic rings. The van der Waals surface area contributed by atoms with Gasteiger partial charge in [-0.05, 0) is 48.2 Å². The lowest BCUT2D eigenvalue weighted by molar-refractivity contribution is -0.140. The van der Waals surface area contributed by atoms with E-state index >= 15 is 0 Å². The standard InChI is InChI=1S/C37H43N3O6S/c1-27(2)24-38-37(42)34(22-29-12-8-6-9-13-29)39(25-30-18-16-28(3)17-19-30)36(41)26-40(47(43,44)32-14-10-7-11-15-32)33-23-31(45-4)20-21-35(33)46-5/h6-21,23,27,34H,22,24-26H2,1-5H3,(H,38,42). The Bertz CT molecular complexity index is 1730. The first-order valence-electron chi connectivity index (χ1n) is 15.5. The van der Waals surface area contributed by atoms with E-state index < -0.39 is 28.5 Å². The molecule has 248 valence electrons. The highest BCUT2D eigenvalue weighted by atomic mass is 32.2. The van der Waals surface area contributed by atoms with Crippen molar-refractivity contribution in [2.45, 2.75) is 44.7 Å². The second-order valence-electron chi connectivity index (χ2n) is 11.7. The molecule has 0 aliphatic rings. The van der Waals surface area contributed by atoms with Crippen LogP contribution in [0.15, 0.2) is 108 Å². The first-order valence-corrected chi connectivity index (χ1v) is 16.9. The van der Waals surface area contributed by atoms with Crippen LogP contribution in [0.25, 0.3) is 0 Å². The van der Waals surface area contributed by atoms with Gasteiger partial charge in [-0.2, -0.15) is 0 Å². The van der Waals surface area contributed by atoms with Gasteiger partial charge in [0.05, 0.1) is 24.8 Å². The quantitative estimate of drug-likeness (QED) is 0.178. The highest BCUT2D eigenvalue weighted by molar-refractivity contribution is 7.92. The number of nitrogens with one attached hydrogen (secondary N) is 1. The summed E-state index contributed by atoms with van der Waals surface area (Å²) in [4.78, 5) is 30.1. The number of ether oxygens (including phenoxy) is 2. The molecule has 0 saturated heterocycles. The number of sulfonamides is 1. The smallest absolute Gasteiger partial charge is 0.264 e. The van der Waals surface area contributed by atoms with Crippen molar-refractivity contribution in [1.29, 1.82) is 0 Å². The first kappa shape index (κ1) is 35.0. The van der Waals surface area contributed by atoms with Crippen LogP contribution in [0, 0.1) is 12.8 Å². The minimum atomic E-state index is -4.30. The fourth-order valence-corrected chi connectivity index (χ4v) is 6.53. The van der Waals surface area contributed by atoms with Crippen LogP contribution >= 0.6 is 0 Å². The summed E-state index contributed by atoms with van der Waals surface area (Å²) in [5, 5.41) is 3.01. The minimum Gasteiger partial charge on any atom is -0.497 e. The molecule has 1 atom stereocenters. The second-order valence-corrected chi connectivity index (χ2v) is 13.6. The van der Waals surface area contributed by atoms with Crippen molar-refractivity contribution in [1.82, 2.24) is 10.2 Å². The normalized spacial score (nSPS) is 11.9. The monoisotopic (exact) mass is 657 g/mol. The fourth-order valence-electron chi connectivity index (χ4n) is 5.09. The number of anilines is 1. The van der Waals surface area contributed by atoms with Crippen LogP contribution in [0.3, 0.4) is 0 Å². The van der Waals surface area contributed by atoms with E-state index in [2.05, 4.69) is 5.32 Å². The van der Waals surface area contributed by atoms with Gasteiger partial charge in [0.15, 0.2) is 0 Å². The molecule has 0 aromatic heterocycles. The third-order valence-corrected chi connectivity index (χ3v) is 9.47. The van der Waals surface area contributed by atoms with Gasteiger partial charge in [0.25, 0.3) is 10.0 Å². The number of benzene rings is 4. The number of aryl methyl sites for hydroxylation is 1. The number of amides is 2. The molecule has 4 rings (SSSR count). The molecule has 0 heterocycles. The van der Waals surface area contributed by atoms with Gasteiger partial charge in [-0.3, -0.25) is 13.9 Å². The zero-order valence-electron chi connectivity index (χ0n) is 27.6. The molecule has 9 nitrogen and oxygen atoms in total. The summed E-state index contributed by atoms with van der Waals surface area (Å²) in [6, 6.07) is 28.9. The third-order valence-electron chi connectivity index (χ3n) is 7.69. The molecule has 0 spiro atoms. The van der Waals surface area contributed by atoms with E-state index in [4.69, 9.17) is 9.47 Å². The molecular weight excluding hydrogens is 614 g/mol. The molecule has 4 aromatic carbocycles. The van der Waals surface area contributed by atoms with E-state index in [-0.39, 0.29) is 41.1 Å². The van der Waals surface area contributed by atoms with Crippen LogP contribution in [-0.4, -0.2) is 58.5 Å². The highest BCUT2D eigenvalue weighted by Crippen LogP contribution is 2.36. The van der Waals surface area contributed by atoms with Gasteiger partial charge in [0.2, 0.25) is 11.8 Å². The molecule has 0 aliphatic carbocycles. The van der Waals surface area contributed by atoms with Crippen LogP contribution in [0.4, 0.5) is 5.69 Å². The molecule has 0 fully saturated rings. The van der Waals surface area contributed by atoms with Crippen LogP contribution < -0.4 is 19.1 Å². The van der Waals surface area contributed by atoms with E-state index in [9.17, 15) is 18.0 Å². The molecule has 10 heteroatoms. The van der Waals surface area contributed by atoms with Crippen molar-refractivity contribution in [3.8, 4) is 11.5 Å². The minimum absolute atomic E-state index is 0.00160. The number of hydrogen-bond acceptors (Lipinski definition) is 6. The van der Waals surface area contributed by atoms with Gasteiger partial charge in [-0.25, -0.2) is 8.42 Å². The summed E-state index contributed by atoms with van der Waals surface area (Å²) in [6.07, 6.45) is 0.232. The third kappa shape index (κ3) is 9.13. The van der Waals surface area contributed by atoms with Crippen LogP contribution in [-0.2, 0) is 32.6 Å². The SMILES string of the molecule is COc1ccc(OC)c(N(CC(=O)N(Cc2ccc(C)cc2)C(Cc2ccccc2)C(=O)NCC(C)C)S(=O)(=O)c2ccccc2)c1. The van der Waals surface area contributed by atoms with Crippen molar-refractivity contribution in [3.05, 3.63) is 120 Å². The highest BCUT2D eigenvalue weighted by Gasteiger charge is 2.35. The molecule has 1 unspecified atom stereocenters. The first-order chi connectivity index (χ1) is 22.5. The summed E-state index contributed by atoms with van der Waals surface area (Å²) in [6.45, 7) is 5.87. The summed E-state index contributed by atoms with van der Waals surface area (Å²) < 4.78 is 40.6. The largest absolute Gasteiger partial charge is 0.497 e. The molecule has 0 bridgehead atoms. The number of nitrogens with zero attached hydrogens (tertiary/aromatic N) is 2. The molecule has 0 aliphatic heterocycles. The van der Waals surface area contributed by atoms with Gasteiger partial charge in [-0.15, -0.1) is 0 Å². The number of methoxy groups -OCH3 is 2.